The van der Waals surface area contributed by atoms with E-state index < -0.39 is 5.82 Å². The summed E-state index contributed by atoms with van der Waals surface area (Å²) in [6.45, 7) is 0.674. The number of carbonyl (C=O) groups excluding carboxylic acids is 2. The molecule has 2 N–H and O–H groups in total. The van der Waals surface area contributed by atoms with Gasteiger partial charge in [-0.3, -0.25) is 9.59 Å². The molecule has 29 heavy (non-hydrogen) atoms. The number of carbonyl (C=O) groups is 2. The van der Waals surface area contributed by atoms with Gasteiger partial charge in [0.1, 0.15) is 11.6 Å². The molecule has 1 aromatic heterocycles. The summed E-state index contributed by atoms with van der Waals surface area (Å²) in [5.74, 6) is 0.677. The van der Waals surface area contributed by atoms with Crippen molar-refractivity contribution in [2.24, 2.45) is 5.92 Å². The van der Waals surface area contributed by atoms with Gasteiger partial charge in [0.2, 0.25) is 11.8 Å². The molecule has 2 amide bonds. The van der Waals surface area contributed by atoms with E-state index in [4.69, 9.17) is 0 Å². The topological polar surface area (TPSA) is 76.0 Å². The first-order valence-electron chi connectivity index (χ1n) is 10.5. The van der Waals surface area contributed by atoms with Crippen molar-refractivity contribution in [3.63, 3.8) is 0 Å². The Balaban J connectivity index is 1.29. The van der Waals surface area contributed by atoms with Gasteiger partial charge in [0.05, 0.1) is 6.54 Å². The van der Waals surface area contributed by atoms with Crippen LogP contribution in [0.4, 0.5) is 10.1 Å². The fourth-order valence-electron chi connectivity index (χ4n) is 4.48. The van der Waals surface area contributed by atoms with Crippen LogP contribution >= 0.6 is 0 Å². The van der Waals surface area contributed by atoms with Crippen molar-refractivity contribution >= 4 is 17.5 Å². The lowest BCUT2D eigenvalue weighted by Crippen LogP contribution is -2.39. The summed E-state index contributed by atoms with van der Waals surface area (Å²) in [5.41, 5.74) is 1.49. The molecule has 2 aliphatic rings. The second-order valence-corrected chi connectivity index (χ2v) is 8.06. The van der Waals surface area contributed by atoms with Crippen LogP contribution in [0.3, 0.4) is 0 Å². The molecule has 0 radical (unpaired) electrons. The maximum Gasteiger partial charge on any atom is 0.243 e. The number of nitrogens with one attached hydrogen (secondary N) is 2. The summed E-state index contributed by atoms with van der Waals surface area (Å²) in [5, 5.41) is 5.30. The summed E-state index contributed by atoms with van der Waals surface area (Å²) >= 11 is 0. The molecular weight excluding hydrogens is 371 g/mol. The second-order valence-electron chi connectivity index (χ2n) is 8.06. The average Bonchev–Trinajstić information content (AvgIpc) is 3.16. The van der Waals surface area contributed by atoms with Gasteiger partial charge in [0.25, 0.3) is 0 Å². The van der Waals surface area contributed by atoms with E-state index in [2.05, 4.69) is 20.2 Å². The molecule has 154 valence electrons. The SMILES string of the molecule is O=C(CNC(=O)[C@@H]1CCn2c(cnc2C2CCCCC2)C1)Nc1cccc(F)c1. The van der Waals surface area contributed by atoms with Crippen molar-refractivity contribution in [2.75, 3.05) is 11.9 Å². The summed E-state index contributed by atoms with van der Waals surface area (Å²) in [7, 11) is 0. The minimum atomic E-state index is -0.418. The van der Waals surface area contributed by atoms with Gasteiger partial charge in [-0.1, -0.05) is 25.3 Å². The minimum absolute atomic E-state index is 0.119. The largest absolute Gasteiger partial charge is 0.347 e. The fraction of sp³-hybridized carbons (Fsp3) is 0.500. The van der Waals surface area contributed by atoms with Crippen LogP contribution in [0.1, 0.15) is 56.0 Å². The molecule has 1 saturated carbocycles. The Morgan fingerprint density at radius 1 is 1.17 bits per heavy atom. The highest BCUT2D eigenvalue weighted by atomic mass is 19.1. The number of anilines is 1. The molecular formula is C22H27FN4O2. The minimum Gasteiger partial charge on any atom is -0.347 e. The molecule has 1 aromatic carbocycles. The van der Waals surface area contributed by atoms with Crippen LogP contribution in [0.15, 0.2) is 30.5 Å². The molecule has 0 spiro atoms. The number of amides is 2. The lowest BCUT2D eigenvalue weighted by atomic mass is 9.88. The molecule has 7 heteroatoms. The predicted molar refractivity (Wildman–Crippen MR) is 108 cm³/mol. The monoisotopic (exact) mass is 398 g/mol. The number of fused-ring (bicyclic) bond motifs is 1. The van der Waals surface area contributed by atoms with Gasteiger partial charge in [-0.2, -0.15) is 0 Å². The van der Waals surface area contributed by atoms with Gasteiger partial charge >= 0.3 is 0 Å². The van der Waals surface area contributed by atoms with Crippen LogP contribution in [0.25, 0.3) is 0 Å². The van der Waals surface area contributed by atoms with Crippen molar-refractivity contribution in [2.45, 2.75) is 57.4 Å². The first kappa shape index (κ1) is 19.6. The van der Waals surface area contributed by atoms with Gasteiger partial charge in [0.15, 0.2) is 0 Å². The Kier molecular flexibility index (Phi) is 5.92. The summed E-state index contributed by atoms with van der Waals surface area (Å²) in [6.07, 6.45) is 9.60. The normalized spacial score (nSPS) is 19.4. The predicted octanol–water partition coefficient (Wildman–Crippen LogP) is 3.39. The summed E-state index contributed by atoms with van der Waals surface area (Å²) in [6, 6.07) is 5.68. The fourth-order valence-corrected chi connectivity index (χ4v) is 4.48. The van der Waals surface area contributed by atoms with E-state index in [1.54, 1.807) is 6.07 Å². The Morgan fingerprint density at radius 2 is 2.00 bits per heavy atom. The van der Waals surface area contributed by atoms with Crippen molar-refractivity contribution in [1.82, 2.24) is 14.9 Å². The van der Waals surface area contributed by atoms with Crippen LogP contribution in [0, 0.1) is 11.7 Å². The second kappa shape index (κ2) is 8.76. The third-order valence-corrected chi connectivity index (χ3v) is 6.00. The maximum absolute atomic E-state index is 13.2. The molecule has 0 bridgehead atoms. The van der Waals surface area contributed by atoms with Gasteiger partial charge in [-0.25, -0.2) is 9.37 Å². The third-order valence-electron chi connectivity index (χ3n) is 6.00. The standard InChI is InChI=1S/C22H27FN4O2/c23-17-7-4-8-18(12-17)26-20(28)14-25-22(29)16-9-10-27-19(11-16)13-24-21(27)15-5-2-1-3-6-15/h4,7-8,12-13,15-16H,1-3,5-6,9-11,14H2,(H,25,29)(H,26,28)/t16-/m1/s1. The first-order chi connectivity index (χ1) is 14.1. The zero-order valence-corrected chi connectivity index (χ0v) is 16.5. The molecule has 4 rings (SSSR count). The number of nitrogens with zero attached hydrogens (tertiary/aromatic N) is 2. The molecule has 2 aromatic rings. The number of imidazole rings is 1. The highest BCUT2D eigenvalue weighted by Gasteiger charge is 2.29. The molecule has 1 fully saturated rings. The molecule has 1 aliphatic carbocycles. The third kappa shape index (κ3) is 4.66. The van der Waals surface area contributed by atoms with Crippen LogP contribution in [0.5, 0.6) is 0 Å². The van der Waals surface area contributed by atoms with Crippen LogP contribution < -0.4 is 10.6 Å². The van der Waals surface area contributed by atoms with Crippen LogP contribution in [0.2, 0.25) is 0 Å². The highest BCUT2D eigenvalue weighted by Crippen LogP contribution is 2.34. The molecule has 1 aliphatic heterocycles. The Hall–Kier alpha value is -2.70. The van der Waals surface area contributed by atoms with Crippen molar-refractivity contribution < 1.29 is 14.0 Å². The van der Waals surface area contributed by atoms with Gasteiger partial charge < -0.3 is 15.2 Å². The van der Waals surface area contributed by atoms with E-state index in [0.717, 1.165) is 18.7 Å². The van der Waals surface area contributed by atoms with E-state index in [9.17, 15) is 14.0 Å². The molecule has 6 nitrogen and oxygen atoms in total. The summed E-state index contributed by atoms with van der Waals surface area (Å²) < 4.78 is 15.5. The van der Waals surface area contributed by atoms with E-state index in [1.807, 2.05) is 6.20 Å². The van der Waals surface area contributed by atoms with Gasteiger partial charge in [-0.05, 0) is 37.5 Å². The van der Waals surface area contributed by atoms with Crippen molar-refractivity contribution in [3.8, 4) is 0 Å². The molecule has 0 unspecified atom stereocenters. The summed E-state index contributed by atoms with van der Waals surface area (Å²) in [4.78, 5) is 29.3. The molecule has 2 heterocycles. The highest BCUT2D eigenvalue weighted by molar-refractivity contribution is 5.94. The molecule has 1 atom stereocenters. The van der Waals surface area contributed by atoms with E-state index >= 15 is 0 Å². The Bertz CT molecular complexity index is 889. The van der Waals surface area contributed by atoms with Crippen molar-refractivity contribution in [1.29, 1.82) is 0 Å². The number of hydrogen-bond acceptors (Lipinski definition) is 3. The Labute approximate surface area is 169 Å². The lowest BCUT2D eigenvalue weighted by molar-refractivity contribution is -0.127. The van der Waals surface area contributed by atoms with E-state index in [0.29, 0.717) is 18.0 Å². The number of aromatic nitrogens is 2. The van der Waals surface area contributed by atoms with Gasteiger partial charge in [0, 0.05) is 42.4 Å². The molecule has 0 saturated heterocycles. The quantitative estimate of drug-likeness (QED) is 0.811. The Morgan fingerprint density at radius 3 is 2.79 bits per heavy atom. The lowest BCUT2D eigenvalue weighted by Gasteiger charge is -2.27. The maximum atomic E-state index is 13.2. The zero-order chi connectivity index (χ0) is 20.2. The van der Waals surface area contributed by atoms with Crippen LogP contribution in [-0.4, -0.2) is 27.9 Å². The first-order valence-corrected chi connectivity index (χ1v) is 10.5. The van der Waals surface area contributed by atoms with Gasteiger partial charge in [-0.15, -0.1) is 0 Å². The average molecular weight is 398 g/mol. The number of benzene rings is 1. The van der Waals surface area contributed by atoms with Crippen LogP contribution in [-0.2, 0) is 22.6 Å². The number of rotatable bonds is 5. The number of hydrogen-bond donors (Lipinski definition) is 2. The van der Waals surface area contributed by atoms with Crippen molar-refractivity contribution in [3.05, 3.63) is 47.8 Å². The van der Waals surface area contributed by atoms with E-state index in [1.165, 1.54) is 56.1 Å². The zero-order valence-electron chi connectivity index (χ0n) is 16.5. The smallest absolute Gasteiger partial charge is 0.243 e. The number of halogens is 1. The van der Waals surface area contributed by atoms with E-state index in [-0.39, 0.29) is 24.3 Å².